The fourth-order valence-corrected chi connectivity index (χ4v) is 2.46. The zero-order valence-electron chi connectivity index (χ0n) is 10.6. The van der Waals surface area contributed by atoms with Crippen LogP contribution in [-0.2, 0) is 0 Å². The summed E-state index contributed by atoms with van der Waals surface area (Å²) < 4.78 is 0. The Bertz CT molecular complexity index is 685. The SMILES string of the molecule is CCCNc1cc2ccccc2c2ccccc12. The maximum atomic E-state index is 3.53. The van der Waals surface area contributed by atoms with Crippen molar-refractivity contribution in [1.29, 1.82) is 0 Å². The van der Waals surface area contributed by atoms with Gasteiger partial charge >= 0.3 is 0 Å². The summed E-state index contributed by atoms with van der Waals surface area (Å²) >= 11 is 0. The highest BCUT2D eigenvalue weighted by Crippen LogP contribution is 2.31. The Labute approximate surface area is 107 Å². The van der Waals surface area contributed by atoms with Gasteiger partial charge in [-0.15, -0.1) is 0 Å². The van der Waals surface area contributed by atoms with E-state index in [-0.39, 0.29) is 0 Å². The lowest BCUT2D eigenvalue weighted by Crippen LogP contribution is -2.00. The highest BCUT2D eigenvalue weighted by molar-refractivity contribution is 6.12. The molecule has 0 saturated heterocycles. The minimum atomic E-state index is 1.02. The van der Waals surface area contributed by atoms with E-state index in [2.05, 4.69) is 66.8 Å². The predicted molar refractivity (Wildman–Crippen MR) is 80.2 cm³/mol. The molecule has 0 unspecified atom stereocenters. The molecule has 18 heavy (non-hydrogen) atoms. The van der Waals surface area contributed by atoms with Crippen molar-refractivity contribution in [3.63, 3.8) is 0 Å². The Kier molecular flexibility index (Phi) is 2.89. The summed E-state index contributed by atoms with van der Waals surface area (Å²) in [5.41, 5.74) is 1.24. The Morgan fingerprint density at radius 1 is 0.833 bits per heavy atom. The minimum absolute atomic E-state index is 1.02. The van der Waals surface area contributed by atoms with Crippen LogP contribution in [0.15, 0.2) is 54.6 Å². The molecular formula is C17H17N. The molecule has 90 valence electrons. The van der Waals surface area contributed by atoms with Crippen molar-refractivity contribution in [1.82, 2.24) is 0 Å². The van der Waals surface area contributed by atoms with E-state index < -0.39 is 0 Å². The van der Waals surface area contributed by atoms with Gasteiger partial charge in [0.1, 0.15) is 0 Å². The van der Waals surface area contributed by atoms with Crippen molar-refractivity contribution in [2.45, 2.75) is 13.3 Å². The Balaban J connectivity index is 2.32. The fourth-order valence-electron chi connectivity index (χ4n) is 2.46. The van der Waals surface area contributed by atoms with E-state index in [0.29, 0.717) is 0 Å². The molecule has 0 heterocycles. The quantitative estimate of drug-likeness (QED) is 0.642. The van der Waals surface area contributed by atoms with Crippen molar-refractivity contribution >= 4 is 27.2 Å². The van der Waals surface area contributed by atoms with Crippen LogP contribution < -0.4 is 5.32 Å². The lowest BCUT2D eigenvalue weighted by molar-refractivity contribution is 0.982. The second kappa shape index (κ2) is 4.69. The van der Waals surface area contributed by atoms with E-state index in [1.165, 1.54) is 27.2 Å². The molecule has 0 spiro atoms. The Hall–Kier alpha value is -2.02. The summed E-state index contributed by atoms with van der Waals surface area (Å²) in [6, 6.07) is 19.4. The van der Waals surface area contributed by atoms with Gasteiger partial charge in [-0.3, -0.25) is 0 Å². The molecule has 1 nitrogen and oxygen atoms in total. The summed E-state index contributed by atoms with van der Waals surface area (Å²) in [6.07, 6.45) is 1.14. The molecule has 1 heteroatoms. The van der Waals surface area contributed by atoms with Crippen molar-refractivity contribution in [2.75, 3.05) is 11.9 Å². The molecule has 3 aromatic rings. The number of anilines is 1. The Morgan fingerprint density at radius 3 is 2.28 bits per heavy atom. The molecular weight excluding hydrogens is 218 g/mol. The molecule has 0 aliphatic rings. The predicted octanol–water partition coefficient (Wildman–Crippen LogP) is 4.81. The van der Waals surface area contributed by atoms with E-state index >= 15 is 0 Å². The van der Waals surface area contributed by atoms with E-state index in [9.17, 15) is 0 Å². The van der Waals surface area contributed by atoms with Gasteiger partial charge in [0.05, 0.1) is 0 Å². The van der Waals surface area contributed by atoms with Crippen LogP contribution in [0.1, 0.15) is 13.3 Å². The van der Waals surface area contributed by atoms with Crippen LogP contribution in [0.4, 0.5) is 5.69 Å². The van der Waals surface area contributed by atoms with Gasteiger partial charge in [0.15, 0.2) is 0 Å². The fraction of sp³-hybridized carbons (Fsp3) is 0.176. The highest BCUT2D eigenvalue weighted by atomic mass is 14.9. The van der Waals surface area contributed by atoms with Gasteiger partial charge in [0.2, 0.25) is 0 Å². The first-order valence-electron chi connectivity index (χ1n) is 6.54. The van der Waals surface area contributed by atoms with Crippen molar-refractivity contribution in [3.8, 4) is 0 Å². The number of hydrogen-bond donors (Lipinski definition) is 1. The molecule has 0 aliphatic carbocycles. The largest absolute Gasteiger partial charge is 0.385 e. The summed E-state index contributed by atoms with van der Waals surface area (Å²) in [5, 5.41) is 8.80. The van der Waals surface area contributed by atoms with Crippen LogP contribution in [0.2, 0.25) is 0 Å². The van der Waals surface area contributed by atoms with Gasteiger partial charge in [-0.05, 0) is 28.6 Å². The summed E-state index contributed by atoms with van der Waals surface area (Å²) in [7, 11) is 0. The van der Waals surface area contributed by atoms with Gasteiger partial charge in [-0.1, -0.05) is 55.5 Å². The molecule has 0 aromatic heterocycles. The van der Waals surface area contributed by atoms with Gasteiger partial charge in [0.25, 0.3) is 0 Å². The lowest BCUT2D eigenvalue weighted by Gasteiger charge is -2.12. The normalized spacial score (nSPS) is 10.9. The Morgan fingerprint density at radius 2 is 1.50 bits per heavy atom. The average molecular weight is 235 g/mol. The highest BCUT2D eigenvalue weighted by Gasteiger charge is 2.04. The third kappa shape index (κ3) is 1.82. The monoisotopic (exact) mass is 235 g/mol. The molecule has 3 aromatic carbocycles. The smallest absolute Gasteiger partial charge is 0.0426 e. The molecule has 0 atom stereocenters. The topological polar surface area (TPSA) is 12.0 Å². The first kappa shape index (κ1) is 11.1. The first-order valence-corrected chi connectivity index (χ1v) is 6.54. The summed E-state index contributed by atoms with van der Waals surface area (Å²) in [5.74, 6) is 0. The molecule has 0 bridgehead atoms. The van der Waals surface area contributed by atoms with E-state index in [1.54, 1.807) is 0 Å². The minimum Gasteiger partial charge on any atom is -0.385 e. The van der Waals surface area contributed by atoms with Crippen LogP contribution in [0.5, 0.6) is 0 Å². The molecule has 0 amide bonds. The number of nitrogens with one attached hydrogen (secondary N) is 1. The summed E-state index contributed by atoms with van der Waals surface area (Å²) in [4.78, 5) is 0. The van der Waals surface area contributed by atoms with Gasteiger partial charge in [-0.2, -0.15) is 0 Å². The van der Waals surface area contributed by atoms with Crippen molar-refractivity contribution in [3.05, 3.63) is 54.6 Å². The number of fused-ring (bicyclic) bond motifs is 3. The zero-order valence-corrected chi connectivity index (χ0v) is 10.6. The summed E-state index contributed by atoms with van der Waals surface area (Å²) in [6.45, 7) is 3.21. The van der Waals surface area contributed by atoms with Crippen LogP contribution in [-0.4, -0.2) is 6.54 Å². The lowest BCUT2D eigenvalue weighted by atomic mass is 10.0. The standard InChI is InChI=1S/C17H17N/c1-2-11-18-17-12-13-7-3-4-8-14(13)15-9-5-6-10-16(15)17/h3-10,12,18H,2,11H2,1H3. The van der Waals surface area contributed by atoms with Crippen molar-refractivity contribution < 1.29 is 0 Å². The molecule has 0 radical (unpaired) electrons. The van der Waals surface area contributed by atoms with Gasteiger partial charge < -0.3 is 5.32 Å². The maximum Gasteiger partial charge on any atom is 0.0426 e. The number of hydrogen-bond acceptors (Lipinski definition) is 1. The molecule has 0 fully saturated rings. The number of rotatable bonds is 3. The third-order valence-electron chi connectivity index (χ3n) is 3.33. The van der Waals surface area contributed by atoms with Gasteiger partial charge in [0, 0.05) is 17.6 Å². The third-order valence-corrected chi connectivity index (χ3v) is 3.33. The zero-order chi connectivity index (χ0) is 12.4. The second-order valence-corrected chi connectivity index (χ2v) is 4.62. The first-order chi connectivity index (χ1) is 8.90. The molecule has 3 rings (SSSR count). The van der Waals surface area contributed by atoms with Gasteiger partial charge in [-0.25, -0.2) is 0 Å². The maximum absolute atomic E-state index is 3.53. The van der Waals surface area contributed by atoms with Crippen LogP contribution in [0.25, 0.3) is 21.5 Å². The van der Waals surface area contributed by atoms with Crippen LogP contribution in [0.3, 0.4) is 0 Å². The van der Waals surface area contributed by atoms with E-state index in [0.717, 1.165) is 13.0 Å². The van der Waals surface area contributed by atoms with Crippen LogP contribution in [0, 0.1) is 0 Å². The molecule has 1 N–H and O–H groups in total. The van der Waals surface area contributed by atoms with E-state index in [1.807, 2.05) is 0 Å². The molecule has 0 aliphatic heterocycles. The average Bonchev–Trinajstić information content (AvgIpc) is 2.45. The number of benzene rings is 3. The van der Waals surface area contributed by atoms with E-state index in [4.69, 9.17) is 0 Å². The second-order valence-electron chi connectivity index (χ2n) is 4.62. The van der Waals surface area contributed by atoms with Crippen LogP contribution >= 0.6 is 0 Å². The van der Waals surface area contributed by atoms with Crippen molar-refractivity contribution in [2.24, 2.45) is 0 Å². The molecule has 0 saturated carbocycles.